The quantitative estimate of drug-likeness (QED) is 0.836. The summed E-state index contributed by atoms with van der Waals surface area (Å²) in [4.78, 5) is 0. The van der Waals surface area contributed by atoms with Gasteiger partial charge in [-0.1, -0.05) is 6.92 Å². The topological polar surface area (TPSA) is 63.4 Å². The smallest absolute Gasteiger partial charge is 0.252 e. The van der Waals surface area contributed by atoms with Crippen LogP contribution in [0.4, 0.5) is 0 Å². The van der Waals surface area contributed by atoms with Crippen LogP contribution in [0, 0.1) is 0 Å². The molecule has 0 aliphatic heterocycles. The number of thiophene rings is 1. The summed E-state index contributed by atoms with van der Waals surface area (Å²) >= 11 is 2.90. The van der Waals surface area contributed by atoms with Crippen LogP contribution in [0.15, 0.2) is 15.7 Å². The lowest BCUT2D eigenvalue weighted by Gasteiger charge is -2.25. The summed E-state index contributed by atoms with van der Waals surface area (Å²) in [5, 5.41) is 1.80. The highest BCUT2D eigenvalue weighted by atomic mass is 32.2. The minimum Gasteiger partial charge on any atom is -0.326 e. The normalized spacial score (nSPS) is 14.1. The number of rotatable bonds is 7. The first kappa shape index (κ1) is 16.0. The molecule has 0 bridgehead atoms. The average molecular weight is 308 g/mol. The first-order valence-electron chi connectivity index (χ1n) is 5.71. The molecule has 0 radical (unpaired) electrons. The van der Waals surface area contributed by atoms with E-state index in [9.17, 15) is 8.42 Å². The lowest BCUT2D eigenvalue weighted by molar-refractivity contribution is 0.386. The molecule has 0 aromatic carbocycles. The Balaban J connectivity index is 2.97. The van der Waals surface area contributed by atoms with E-state index in [2.05, 4.69) is 0 Å². The van der Waals surface area contributed by atoms with E-state index in [4.69, 9.17) is 5.73 Å². The number of hydrogen-bond donors (Lipinski definition) is 1. The van der Waals surface area contributed by atoms with Crippen LogP contribution in [0.25, 0.3) is 0 Å². The number of nitrogens with zero attached hydrogens (tertiary/aromatic N) is 1. The SMILES string of the molecule is CCC(CSC)N(C)S(=O)(=O)c1cc(CN)cs1. The Bertz CT molecular complexity index is 470. The third-order valence-electron chi connectivity index (χ3n) is 2.84. The van der Waals surface area contributed by atoms with Gasteiger partial charge in [0.1, 0.15) is 4.21 Å². The highest BCUT2D eigenvalue weighted by Crippen LogP contribution is 2.25. The largest absolute Gasteiger partial charge is 0.326 e. The van der Waals surface area contributed by atoms with Gasteiger partial charge in [0.15, 0.2) is 0 Å². The van der Waals surface area contributed by atoms with Gasteiger partial charge in [-0.05, 0) is 29.7 Å². The summed E-state index contributed by atoms with van der Waals surface area (Å²) in [5.74, 6) is 0.807. The summed E-state index contributed by atoms with van der Waals surface area (Å²) in [7, 11) is -1.72. The number of hydrogen-bond acceptors (Lipinski definition) is 5. The highest BCUT2D eigenvalue weighted by Gasteiger charge is 2.27. The van der Waals surface area contributed by atoms with E-state index in [0.29, 0.717) is 10.8 Å². The van der Waals surface area contributed by atoms with Gasteiger partial charge in [0, 0.05) is 25.4 Å². The van der Waals surface area contributed by atoms with Crippen molar-refractivity contribution in [1.29, 1.82) is 0 Å². The van der Waals surface area contributed by atoms with Crippen LogP contribution in [0.1, 0.15) is 18.9 Å². The Labute approximate surface area is 118 Å². The van der Waals surface area contributed by atoms with Crippen molar-refractivity contribution in [3.8, 4) is 0 Å². The van der Waals surface area contributed by atoms with Crippen LogP contribution in [0.5, 0.6) is 0 Å². The van der Waals surface area contributed by atoms with E-state index in [1.807, 2.05) is 13.2 Å². The molecule has 0 spiro atoms. The molecular weight excluding hydrogens is 288 g/mol. The fourth-order valence-corrected chi connectivity index (χ4v) is 5.38. The Morgan fingerprint density at radius 1 is 1.56 bits per heavy atom. The predicted molar refractivity (Wildman–Crippen MR) is 79.6 cm³/mol. The molecule has 2 N–H and O–H groups in total. The predicted octanol–water partition coefficient (Wildman–Crippen LogP) is 1.97. The van der Waals surface area contributed by atoms with Crippen molar-refractivity contribution >= 4 is 33.1 Å². The monoisotopic (exact) mass is 308 g/mol. The van der Waals surface area contributed by atoms with E-state index < -0.39 is 10.0 Å². The van der Waals surface area contributed by atoms with Crippen LogP contribution in [0.3, 0.4) is 0 Å². The van der Waals surface area contributed by atoms with Gasteiger partial charge in [-0.3, -0.25) is 0 Å². The van der Waals surface area contributed by atoms with Gasteiger partial charge in [0.25, 0.3) is 10.0 Å². The molecule has 0 aliphatic carbocycles. The van der Waals surface area contributed by atoms with Crippen LogP contribution in [-0.2, 0) is 16.6 Å². The molecule has 4 nitrogen and oxygen atoms in total. The molecule has 7 heteroatoms. The molecule has 0 fully saturated rings. The minimum absolute atomic E-state index is 0.0356. The van der Waals surface area contributed by atoms with E-state index >= 15 is 0 Å². The van der Waals surface area contributed by atoms with Crippen LogP contribution >= 0.6 is 23.1 Å². The standard InChI is InChI=1S/C11H20N2O2S3/c1-4-10(8-16-3)13(2)18(14,15)11-5-9(6-12)7-17-11/h5,7,10H,4,6,8,12H2,1-3H3. The maximum absolute atomic E-state index is 12.4. The summed E-state index contributed by atoms with van der Waals surface area (Å²) in [6.45, 7) is 2.38. The Kier molecular flexibility index (Phi) is 6.13. The summed E-state index contributed by atoms with van der Waals surface area (Å²) in [5.41, 5.74) is 6.38. The molecule has 1 heterocycles. The van der Waals surface area contributed by atoms with Crippen molar-refractivity contribution in [2.75, 3.05) is 19.1 Å². The molecule has 18 heavy (non-hydrogen) atoms. The van der Waals surface area contributed by atoms with E-state index in [-0.39, 0.29) is 6.04 Å². The van der Waals surface area contributed by atoms with Crippen LogP contribution < -0.4 is 5.73 Å². The number of sulfonamides is 1. The van der Waals surface area contributed by atoms with E-state index in [0.717, 1.165) is 17.7 Å². The van der Waals surface area contributed by atoms with Gasteiger partial charge in [0.05, 0.1) is 0 Å². The van der Waals surface area contributed by atoms with Crippen molar-refractivity contribution in [3.63, 3.8) is 0 Å². The van der Waals surface area contributed by atoms with Gasteiger partial charge in [0.2, 0.25) is 0 Å². The molecule has 0 saturated heterocycles. The second-order valence-corrected chi connectivity index (χ2v) is 8.06. The molecule has 104 valence electrons. The molecule has 1 aromatic rings. The minimum atomic E-state index is -3.38. The average Bonchev–Trinajstić information content (AvgIpc) is 2.84. The van der Waals surface area contributed by atoms with E-state index in [1.54, 1.807) is 30.3 Å². The Morgan fingerprint density at radius 3 is 2.67 bits per heavy atom. The lowest BCUT2D eigenvalue weighted by Crippen LogP contribution is -2.37. The third-order valence-corrected chi connectivity index (χ3v) is 6.94. The second-order valence-electron chi connectivity index (χ2n) is 4.02. The van der Waals surface area contributed by atoms with Crippen LogP contribution in [-0.4, -0.2) is 37.8 Å². The molecule has 0 amide bonds. The zero-order valence-electron chi connectivity index (χ0n) is 10.9. The van der Waals surface area contributed by atoms with Gasteiger partial charge in [-0.2, -0.15) is 16.1 Å². The molecular formula is C11H20N2O2S3. The molecule has 1 rings (SSSR count). The zero-order valence-corrected chi connectivity index (χ0v) is 13.4. The fourth-order valence-electron chi connectivity index (χ4n) is 1.61. The van der Waals surface area contributed by atoms with Crippen molar-refractivity contribution in [1.82, 2.24) is 4.31 Å². The summed E-state index contributed by atoms with van der Waals surface area (Å²) in [6, 6.07) is 1.70. The summed E-state index contributed by atoms with van der Waals surface area (Å²) in [6.07, 6.45) is 2.80. The van der Waals surface area contributed by atoms with Crippen molar-refractivity contribution in [2.45, 2.75) is 30.1 Å². The van der Waals surface area contributed by atoms with Gasteiger partial charge in [-0.25, -0.2) is 8.42 Å². The second kappa shape index (κ2) is 6.91. The summed E-state index contributed by atoms with van der Waals surface area (Å²) < 4.78 is 26.7. The maximum Gasteiger partial charge on any atom is 0.252 e. The fraction of sp³-hybridized carbons (Fsp3) is 0.636. The molecule has 1 atom stereocenters. The highest BCUT2D eigenvalue weighted by molar-refractivity contribution is 7.98. The maximum atomic E-state index is 12.4. The van der Waals surface area contributed by atoms with Gasteiger partial charge in [-0.15, -0.1) is 11.3 Å². The van der Waals surface area contributed by atoms with Crippen molar-refractivity contribution in [2.24, 2.45) is 5.73 Å². The van der Waals surface area contributed by atoms with Gasteiger partial charge < -0.3 is 5.73 Å². The van der Waals surface area contributed by atoms with E-state index in [1.165, 1.54) is 15.6 Å². The van der Waals surface area contributed by atoms with Gasteiger partial charge >= 0.3 is 0 Å². The molecule has 0 aliphatic rings. The van der Waals surface area contributed by atoms with Crippen molar-refractivity contribution in [3.05, 3.63) is 17.0 Å². The number of thioether (sulfide) groups is 1. The lowest BCUT2D eigenvalue weighted by atomic mass is 10.3. The Morgan fingerprint density at radius 2 is 2.22 bits per heavy atom. The third kappa shape index (κ3) is 3.48. The Hall–Kier alpha value is -0.0800. The molecule has 0 saturated carbocycles. The first-order chi connectivity index (χ1) is 8.47. The molecule has 1 aromatic heterocycles. The molecule has 1 unspecified atom stereocenters. The number of nitrogens with two attached hydrogens (primary N) is 1. The zero-order chi connectivity index (χ0) is 13.8. The van der Waals surface area contributed by atoms with Crippen molar-refractivity contribution < 1.29 is 8.42 Å². The first-order valence-corrected chi connectivity index (χ1v) is 9.43. The van der Waals surface area contributed by atoms with Crippen LogP contribution in [0.2, 0.25) is 0 Å².